The normalized spacial score (nSPS) is 10.1. The number of nitrogens with zero attached hydrogens (tertiary/aromatic N) is 2. The molecule has 0 amide bonds. The predicted molar refractivity (Wildman–Crippen MR) is 48.6 cm³/mol. The molecule has 3 N–H and O–H groups in total. The number of nitrogens with one attached hydrogen (secondary N) is 1. The Kier molecular flexibility index (Phi) is 2.36. The molecule has 0 saturated carbocycles. The molecule has 2 heterocycles. The van der Waals surface area contributed by atoms with Gasteiger partial charge in [0, 0.05) is 0 Å². The van der Waals surface area contributed by atoms with E-state index in [2.05, 4.69) is 15.2 Å². The zero-order chi connectivity index (χ0) is 10.7. The van der Waals surface area contributed by atoms with Crippen molar-refractivity contribution in [3.8, 4) is 0 Å². The number of hydrogen-bond acceptors (Lipinski definition) is 6. The first-order valence-electron chi connectivity index (χ1n) is 4.13. The summed E-state index contributed by atoms with van der Waals surface area (Å²) in [5.41, 5.74) is 5.23. The number of aromatic nitrogens is 3. The van der Waals surface area contributed by atoms with E-state index in [0.717, 1.165) is 0 Å². The van der Waals surface area contributed by atoms with Crippen molar-refractivity contribution in [1.29, 1.82) is 0 Å². The molecular formula is C8H8N4O3. The van der Waals surface area contributed by atoms with Gasteiger partial charge in [-0.25, -0.2) is 4.79 Å². The van der Waals surface area contributed by atoms with Crippen LogP contribution >= 0.6 is 0 Å². The SMILES string of the molecule is Nc1n[nH]c(C(=O)OCc2ccco2)n1. The van der Waals surface area contributed by atoms with Crippen LogP contribution in [-0.2, 0) is 11.3 Å². The van der Waals surface area contributed by atoms with Gasteiger partial charge in [0.25, 0.3) is 0 Å². The van der Waals surface area contributed by atoms with Gasteiger partial charge in [-0.3, -0.25) is 5.10 Å². The van der Waals surface area contributed by atoms with Crippen molar-refractivity contribution in [1.82, 2.24) is 15.2 Å². The molecule has 15 heavy (non-hydrogen) atoms. The van der Waals surface area contributed by atoms with Crippen LogP contribution in [0.15, 0.2) is 22.8 Å². The van der Waals surface area contributed by atoms with Crippen molar-refractivity contribution in [3.63, 3.8) is 0 Å². The fraction of sp³-hybridized carbons (Fsp3) is 0.125. The third-order valence-electron chi connectivity index (χ3n) is 1.62. The maximum absolute atomic E-state index is 11.3. The Labute approximate surface area is 84.2 Å². The van der Waals surface area contributed by atoms with Gasteiger partial charge in [-0.15, -0.1) is 5.10 Å². The monoisotopic (exact) mass is 208 g/mol. The Morgan fingerprint density at radius 3 is 3.13 bits per heavy atom. The maximum atomic E-state index is 11.3. The van der Waals surface area contributed by atoms with Crippen LogP contribution in [0, 0.1) is 0 Å². The van der Waals surface area contributed by atoms with E-state index in [-0.39, 0.29) is 18.4 Å². The number of carbonyl (C=O) groups is 1. The number of carbonyl (C=O) groups excluding carboxylic acids is 1. The molecule has 2 aromatic heterocycles. The number of anilines is 1. The number of esters is 1. The Balaban J connectivity index is 1.93. The van der Waals surface area contributed by atoms with Crippen molar-refractivity contribution < 1.29 is 13.9 Å². The summed E-state index contributed by atoms with van der Waals surface area (Å²) in [6, 6.07) is 3.40. The second-order valence-electron chi connectivity index (χ2n) is 2.70. The summed E-state index contributed by atoms with van der Waals surface area (Å²) in [7, 11) is 0. The molecule has 0 aliphatic rings. The minimum absolute atomic E-state index is 0.0000476. The number of nitrogens with two attached hydrogens (primary N) is 1. The highest BCUT2D eigenvalue weighted by atomic mass is 16.5. The van der Waals surface area contributed by atoms with Crippen LogP contribution in [0.25, 0.3) is 0 Å². The van der Waals surface area contributed by atoms with E-state index in [0.29, 0.717) is 5.76 Å². The van der Waals surface area contributed by atoms with E-state index in [1.54, 1.807) is 12.1 Å². The van der Waals surface area contributed by atoms with E-state index < -0.39 is 5.97 Å². The Morgan fingerprint density at radius 1 is 1.67 bits per heavy atom. The van der Waals surface area contributed by atoms with Gasteiger partial charge in [-0.05, 0) is 12.1 Å². The van der Waals surface area contributed by atoms with Crippen LogP contribution in [0.1, 0.15) is 16.4 Å². The number of hydrogen-bond donors (Lipinski definition) is 2. The topological polar surface area (TPSA) is 107 Å². The molecule has 0 atom stereocenters. The standard InChI is InChI=1S/C8H8N4O3/c9-8-10-6(11-12-8)7(13)15-4-5-2-1-3-14-5/h1-3H,4H2,(H3,9,10,11,12). The van der Waals surface area contributed by atoms with Gasteiger partial charge in [0.05, 0.1) is 6.26 Å². The lowest BCUT2D eigenvalue weighted by molar-refractivity contribution is 0.0431. The molecular weight excluding hydrogens is 200 g/mol. The number of nitrogen functional groups attached to an aromatic ring is 1. The highest BCUT2D eigenvalue weighted by molar-refractivity contribution is 5.85. The van der Waals surface area contributed by atoms with Gasteiger partial charge >= 0.3 is 5.97 Å². The van der Waals surface area contributed by atoms with Crippen LogP contribution in [0.4, 0.5) is 5.95 Å². The van der Waals surface area contributed by atoms with E-state index in [9.17, 15) is 4.79 Å². The Bertz CT molecular complexity index is 448. The number of furan rings is 1. The molecule has 0 unspecified atom stereocenters. The van der Waals surface area contributed by atoms with Crippen molar-refractivity contribution >= 4 is 11.9 Å². The molecule has 0 radical (unpaired) electrons. The summed E-state index contributed by atoms with van der Waals surface area (Å²) in [5, 5.41) is 5.84. The fourth-order valence-electron chi connectivity index (χ4n) is 0.966. The molecule has 0 saturated heterocycles. The van der Waals surface area contributed by atoms with Crippen LogP contribution in [0.2, 0.25) is 0 Å². The van der Waals surface area contributed by atoms with Crippen LogP contribution in [-0.4, -0.2) is 21.2 Å². The Morgan fingerprint density at radius 2 is 2.53 bits per heavy atom. The zero-order valence-corrected chi connectivity index (χ0v) is 7.64. The van der Waals surface area contributed by atoms with Crippen LogP contribution in [0.3, 0.4) is 0 Å². The zero-order valence-electron chi connectivity index (χ0n) is 7.64. The second kappa shape index (κ2) is 3.82. The van der Waals surface area contributed by atoms with Crippen molar-refractivity contribution in [2.24, 2.45) is 0 Å². The van der Waals surface area contributed by atoms with Gasteiger partial charge in [0.15, 0.2) is 0 Å². The highest BCUT2D eigenvalue weighted by Gasteiger charge is 2.12. The smallest absolute Gasteiger partial charge is 0.376 e. The lowest BCUT2D eigenvalue weighted by Gasteiger charge is -1.98. The molecule has 0 fully saturated rings. The summed E-state index contributed by atoms with van der Waals surface area (Å²) in [4.78, 5) is 14.9. The average molecular weight is 208 g/mol. The van der Waals surface area contributed by atoms with E-state index in [1.165, 1.54) is 6.26 Å². The van der Waals surface area contributed by atoms with E-state index in [4.69, 9.17) is 14.9 Å². The molecule has 0 spiro atoms. The lowest BCUT2D eigenvalue weighted by Crippen LogP contribution is -2.07. The number of aromatic amines is 1. The van der Waals surface area contributed by atoms with Crippen LogP contribution in [0.5, 0.6) is 0 Å². The number of ether oxygens (including phenoxy) is 1. The molecule has 0 aliphatic carbocycles. The molecule has 7 heteroatoms. The molecule has 0 aliphatic heterocycles. The van der Waals surface area contributed by atoms with Crippen molar-refractivity contribution in [2.75, 3.05) is 5.73 Å². The second-order valence-corrected chi connectivity index (χ2v) is 2.70. The van der Waals surface area contributed by atoms with Gasteiger partial charge < -0.3 is 14.9 Å². The first-order valence-corrected chi connectivity index (χ1v) is 4.13. The van der Waals surface area contributed by atoms with Crippen molar-refractivity contribution in [2.45, 2.75) is 6.61 Å². The van der Waals surface area contributed by atoms with E-state index in [1.807, 2.05) is 0 Å². The summed E-state index contributed by atoms with van der Waals surface area (Å²) < 4.78 is 9.84. The molecule has 2 rings (SSSR count). The maximum Gasteiger partial charge on any atom is 0.376 e. The lowest BCUT2D eigenvalue weighted by atomic mass is 10.5. The highest BCUT2D eigenvalue weighted by Crippen LogP contribution is 2.04. The molecule has 0 bridgehead atoms. The molecule has 2 aromatic rings. The number of H-pyrrole nitrogens is 1. The minimum atomic E-state index is -0.629. The first kappa shape index (κ1) is 9.25. The van der Waals surface area contributed by atoms with Gasteiger partial charge in [0.2, 0.25) is 11.8 Å². The van der Waals surface area contributed by atoms with Crippen LogP contribution < -0.4 is 5.73 Å². The largest absolute Gasteiger partial charge is 0.466 e. The third kappa shape index (κ3) is 2.13. The summed E-state index contributed by atoms with van der Waals surface area (Å²) in [6.45, 7) is 0.0481. The van der Waals surface area contributed by atoms with E-state index >= 15 is 0 Å². The molecule has 78 valence electrons. The fourth-order valence-corrected chi connectivity index (χ4v) is 0.966. The summed E-state index contributed by atoms with van der Waals surface area (Å²) >= 11 is 0. The van der Waals surface area contributed by atoms with Gasteiger partial charge in [-0.2, -0.15) is 4.98 Å². The third-order valence-corrected chi connectivity index (χ3v) is 1.62. The number of rotatable bonds is 3. The Hall–Kier alpha value is -2.31. The quantitative estimate of drug-likeness (QED) is 0.704. The molecule has 7 nitrogen and oxygen atoms in total. The predicted octanol–water partition coefficient (Wildman–Crippen LogP) is 0.337. The molecule has 0 aromatic carbocycles. The average Bonchev–Trinajstić information content (AvgIpc) is 2.84. The van der Waals surface area contributed by atoms with Gasteiger partial charge in [0.1, 0.15) is 12.4 Å². The van der Waals surface area contributed by atoms with Gasteiger partial charge in [-0.1, -0.05) is 0 Å². The van der Waals surface area contributed by atoms with Crippen molar-refractivity contribution in [3.05, 3.63) is 30.0 Å². The summed E-state index contributed by atoms with van der Waals surface area (Å²) in [6.07, 6.45) is 1.50. The minimum Gasteiger partial charge on any atom is -0.466 e. The summed E-state index contributed by atoms with van der Waals surface area (Å²) in [5.74, 6) is -0.106. The first-order chi connectivity index (χ1) is 7.25.